The Morgan fingerprint density at radius 2 is 1.92 bits per heavy atom. The Hall–Kier alpha value is -1.77. The highest BCUT2D eigenvalue weighted by Crippen LogP contribution is 2.24. The summed E-state index contributed by atoms with van der Waals surface area (Å²) in [5.74, 6) is -2.48. The van der Waals surface area contributed by atoms with E-state index in [2.05, 4.69) is 5.32 Å². The Morgan fingerprint density at radius 3 is 2.40 bits per heavy atom. The molecule has 0 aliphatic carbocycles. The van der Waals surface area contributed by atoms with E-state index < -0.39 is 39.9 Å². The molecule has 1 aliphatic heterocycles. The number of aliphatic hydroxyl groups is 1. The minimum absolute atomic E-state index is 0.00257. The molecule has 2 amide bonds. The van der Waals surface area contributed by atoms with Crippen molar-refractivity contribution in [1.82, 2.24) is 5.06 Å². The Labute approximate surface area is 156 Å². The number of halogens is 1. The van der Waals surface area contributed by atoms with Crippen molar-refractivity contribution in [3.05, 3.63) is 29.8 Å². The number of hydrogen-bond donors (Lipinski definition) is 3. The SMILES string of the molecule is O=C(CI)Nc1ccc(C(=O)ON2C(=O)C(S(=O)(=O)O)CC2O)cc1. The van der Waals surface area contributed by atoms with E-state index in [1.807, 2.05) is 22.6 Å². The van der Waals surface area contributed by atoms with Gasteiger partial charge in [0.2, 0.25) is 5.91 Å². The number of benzene rings is 1. The van der Waals surface area contributed by atoms with Crippen LogP contribution in [0.4, 0.5) is 5.69 Å². The van der Waals surface area contributed by atoms with E-state index in [1.165, 1.54) is 24.3 Å². The lowest BCUT2D eigenvalue weighted by Crippen LogP contribution is -2.38. The summed E-state index contributed by atoms with van der Waals surface area (Å²) >= 11 is 1.89. The van der Waals surface area contributed by atoms with Crippen LogP contribution >= 0.6 is 22.6 Å². The average Bonchev–Trinajstić information content (AvgIpc) is 2.83. The summed E-state index contributed by atoms with van der Waals surface area (Å²) in [6.45, 7) is 0. The van der Waals surface area contributed by atoms with Crippen molar-refractivity contribution in [2.45, 2.75) is 17.9 Å². The zero-order valence-electron chi connectivity index (χ0n) is 12.5. The molecule has 0 saturated carbocycles. The average molecular weight is 484 g/mol. The van der Waals surface area contributed by atoms with Crippen molar-refractivity contribution in [3.8, 4) is 0 Å². The third-order valence-corrected chi connectivity index (χ3v) is 5.06. The Balaban J connectivity index is 2.07. The van der Waals surface area contributed by atoms with Gasteiger partial charge in [-0.2, -0.15) is 8.42 Å². The molecule has 1 saturated heterocycles. The van der Waals surface area contributed by atoms with Crippen molar-refractivity contribution in [3.63, 3.8) is 0 Å². The maximum absolute atomic E-state index is 12.0. The Bertz CT molecular complexity index is 795. The predicted molar refractivity (Wildman–Crippen MR) is 92.2 cm³/mol. The highest BCUT2D eigenvalue weighted by atomic mass is 127. The molecule has 1 aliphatic rings. The molecule has 0 spiro atoms. The maximum atomic E-state index is 12.0. The monoisotopic (exact) mass is 484 g/mol. The van der Waals surface area contributed by atoms with Crippen LogP contribution in [0.3, 0.4) is 0 Å². The topological polar surface area (TPSA) is 150 Å². The predicted octanol–water partition coefficient (Wildman–Crippen LogP) is -0.0610. The van der Waals surface area contributed by atoms with Crippen LogP contribution in [-0.2, 0) is 24.5 Å². The van der Waals surface area contributed by atoms with E-state index in [1.54, 1.807) is 0 Å². The fourth-order valence-corrected chi connectivity index (χ4v) is 3.02. The first kappa shape index (κ1) is 19.6. The van der Waals surface area contributed by atoms with Crippen molar-refractivity contribution < 1.29 is 37.3 Å². The second-order valence-electron chi connectivity index (χ2n) is 5.02. The number of carbonyl (C=O) groups excluding carboxylic acids is 3. The van der Waals surface area contributed by atoms with Gasteiger partial charge in [0.15, 0.2) is 11.5 Å². The van der Waals surface area contributed by atoms with Gasteiger partial charge >= 0.3 is 5.97 Å². The minimum atomic E-state index is -4.72. The Kier molecular flexibility index (Phi) is 5.97. The van der Waals surface area contributed by atoms with Crippen LogP contribution < -0.4 is 5.32 Å². The number of alkyl halides is 1. The molecule has 3 N–H and O–H groups in total. The number of nitrogens with zero attached hydrogens (tertiary/aromatic N) is 1. The molecular weight excluding hydrogens is 471 g/mol. The van der Waals surface area contributed by atoms with Crippen molar-refractivity contribution in [2.75, 3.05) is 9.74 Å². The second kappa shape index (κ2) is 7.63. The lowest BCUT2D eigenvalue weighted by Gasteiger charge is -2.18. The summed E-state index contributed by atoms with van der Waals surface area (Å²) < 4.78 is 31.3. The molecular formula is C13H13IN2O8S. The number of rotatable bonds is 5. The lowest BCUT2D eigenvalue weighted by atomic mass is 10.2. The van der Waals surface area contributed by atoms with Crippen LogP contribution in [0.5, 0.6) is 0 Å². The fourth-order valence-electron chi connectivity index (χ4n) is 2.06. The van der Waals surface area contributed by atoms with Gasteiger partial charge in [0.25, 0.3) is 16.0 Å². The van der Waals surface area contributed by atoms with E-state index in [0.717, 1.165) is 0 Å². The largest absolute Gasteiger partial charge is 0.370 e. The van der Waals surface area contributed by atoms with Gasteiger partial charge in [0.1, 0.15) is 0 Å². The number of aliphatic hydroxyl groups excluding tert-OH is 1. The van der Waals surface area contributed by atoms with Gasteiger partial charge in [0.05, 0.1) is 9.99 Å². The summed E-state index contributed by atoms with van der Waals surface area (Å²) in [5.41, 5.74) is 0.449. The van der Waals surface area contributed by atoms with Crippen molar-refractivity contribution >= 4 is 56.2 Å². The lowest BCUT2D eigenvalue weighted by molar-refractivity contribution is -0.191. The third kappa shape index (κ3) is 4.65. The summed E-state index contributed by atoms with van der Waals surface area (Å²) in [7, 11) is -4.72. The van der Waals surface area contributed by atoms with Crippen LogP contribution in [0, 0.1) is 0 Å². The van der Waals surface area contributed by atoms with Gasteiger partial charge in [-0.15, -0.1) is 5.06 Å². The normalized spacial score (nSPS) is 20.4. The summed E-state index contributed by atoms with van der Waals surface area (Å²) in [6.07, 6.45) is -2.31. The summed E-state index contributed by atoms with van der Waals surface area (Å²) in [4.78, 5) is 39.8. The molecule has 2 unspecified atom stereocenters. The number of carbonyl (C=O) groups is 3. The number of anilines is 1. The van der Waals surface area contributed by atoms with Crippen LogP contribution in [0.1, 0.15) is 16.8 Å². The molecule has 2 rings (SSSR count). The zero-order chi connectivity index (χ0) is 18.8. The maximum Gasteiger partial charge on any atom is 0.363 e. The molecule has 1 heterocycles. The smallest absolute Gasteiger partial charge is 0.363 e. The van der Waals surface area contributed by atoms with Crippen LogP contribution in [0.15, 0.2) is 24.3 Å². The zero-order valence-corrected chi connectivity index (χ0v) is 15.4. The van der Waals surface area contributed by atoms with E-state index in [-0.39, 0.29) is 21.0 Å². The number of amides is 2. The molecule has 136 valence electrons. The molecule has 0 radical (unpaired) electrons. The highest BCUT2D eigenvalue weighted by Gasteiger charge is 2.48. The summed E-state index contributed by atoms with van der Waals surface area (Å²) in [6, 6.07) is 5.50. The van der Waals surface area contributed by atoms with E-state index >= 15 is 0 Å². The Morgan fingerprint density at radius 1 is 1.32 bits per heavy atom. The first-order valence-corrected chi connectivity index (χ1v) is 9.82. The number of nitrogens with one attached hydrogen (secondary N) is 1. The van der Waals surface area contributed by atoms with E-state index in [4.69, 9.17) is 9.39 Å². The van der Waals surface area contributed by atoms with Crippen LogP contribution in [0.25, 0.3) is 0 Å². The molecule has 1 aromatic carbocycles. The molecule has 0 aromatic heterocycles. The van der Waals surface area contributed by atoms with Crippen molar-refractivity contribution in [2.24, 2.45) is 0 Å². The molecule has 1 fully saturated rings. The van der Waals surface area contributed by atoms with Gasteiger partial charge in [-0.05, 0) is 24.3 Å². The van der Waals surface area contributed by atoms with E-state index in [0.29, 0.717) is 5.69 Å². The first-order chi connectivity index (χ1) is 11.6. The first-order valence-electron chi connectivity index (χ1n) is 6.79. The number of hydroxylamine groups is 2. The quantitative estimate of drug-likeness (QED) is 0.299. The highest BCUT2D eigenvalue weighted by molar-refractivity contribution is 14.1. The second-order valence-corrected chi connectivity index (χ2v) is 7.38. The molecule has 12 heteroatoms. The van der Waals surface area contributed by atoms with Gasteiger partial charge in [0, 0.05) is 12.1 Å². The van der Waals surface area contributed by atoms with Crippen LogP contribution in [0.2, 0.25) is 0 Å². The molecule has 10 nitrogen and oxygen atoms in total. The fraction of sp³-hybridized carbons (Fsp3) is 0.308. The molecule has 2 atom stereocenters. The third-order valence-electron chi connectivity index (χ3n) is 3.25. The molecule has 1 aromatic rings. The standard InChI is InChI=1S/C13H13IN2O8S/c14-6-10(17)15-8-3-1-7(2-4-8)13(20)24-16-11(18)5-9(12(16)19)25(21,22)23/h1-4,9,11,18H,5-6H2,(H,15,17)(H,21,22,23). The van der Waals surface area contributed by atoms with E-state index in [9.17, 15) is 27.9 Å². The molecule has 25 heavy (non-hydrogen) atoms. The van der Waals surface area contributed by atoms with Gasteiger partial charge < -0.3 is 15.3 Å². The van der Waals surface area contributed by atoms with Crippen molar-refractivity contribution in [1.29, 1.82) is 0 Å². The molecule has 0 bridgehead atoms. The number of hydrogen-bond acceptors (Lipinski definition) is 7. The minimum Gasteiger partial charge on any atom is -0.370 e. The van der Waals surface area contributed by atoms with Crippen LogP contribution in [-0.4, -0.2) is 56.8 Å². The van der Waals surface area contributed by atoms with Gasteiger partial charge in [-0.1, -0.05) is 22.6 Å². The summed E-state index contributed by atoms with van der Waals surface area (Å²) in [5, 5.41) is 10.6. The van der Waals surface area contributed by atoms with Gasteiger partial charge in [-0.3, -0.25) is 14.1 Å². The van der Waals surface area contributed by atoms with Gasteiger partial charge in [-0.25, -0.2) is 4.79 Å².